The van der Waals surface area contributed by atoms with Gasteiger partial charge in [0, 0.05) is 63.0 Å². The number of ketones is 2. The molecular formula is C38H29Br3Cl4N8O4. The van der Waals surface area contributed by atoms with E-state index in [0.29, 0.717) is 79.0 Å². The van der Waals surface area contributed by atoms with Crippen molar-refractivity contribution in [1.82, 2.24) is 29.5 Å². The van der Waals surface area contributed by atoms with Gasteiger partial charge in [-0.1, -0.05) is 60.3 Å². The number of Topliss-reactive ketones (excluding diaryl/α,β-unsaturated/α-hetero) is 2. The minimum Gasteiger partial charge on any atom is -0.320 e. The molecule has 0 aliphatic rings. The average molecular weight is 1040 g/mol. The van der Waals surface area contributed by atoms with Crippen LogP contribution >= 0.6 is 94.2 Å². The number of rotatable bonds is 10. The second kappa shape index (κ2) is 19.2. The summed E-state index contributed by atoms with van der Waals surface area (Å²) in [4.78, 5) is 59.2. The Balaban J connectivity index is 0.000000218. The molecule has 0 aliphatic heterocycles. The molecule has 0 fully saturated rings. The molecule has 4 aromatic heterocycles. The predicted molar refractivity (Wildman–Crippen MR) is 233 cm³/mol. The lowest BCUT2D eigenvalue weighted by Crippen LogP contribution is -2.20. The van der Waals surface area contributed by atoms with E-state index in [1.54, 1.807) is 94.7 Å². The molecule has 0 saturated carbocycles. The number of carbonyl (C=O) groups is 4. The fourth-order valence-corrected chi connectivity index (χ4v) is 7.65. The van der Waals surface area contributed by atoms with Gasteiger partial charge in [0.1, 0.15) is 20.6 Å². The molecule has 0 bridgehead atoms. The molecule has 6 rings (SSSR count). The normalized spacial score (nSPS) is 10.8. The number of hydrogen-bond acceptors (Lipinski definition) is 8. The summed E-state index contributed by atoms with van der Waals surface area (Å²) in [6.07, 6.45) is 3.68. The molecule has 0 spiro atoms. The summed E-state index contributed by atoms with van der Waals surface area (Å²) in [5.74, 6) is -0.572. The molecule has 12 nitrogen and oxygen atoms in total. The second-order valence-corrected chi connectivity index (χ2v) is 16.3. The Labute approximate surface area is 372 Å². The third kappa shape index (κ3) is 10.4. The van der Waals surface area contributed by atoms with Crippen molar-refractivity contribution in [3.63, 3.8) is 0 Å². The smallest absolute Gasteiger partial charge is 0.274 e. The summed E-state index contributed by atoms with van der Waals surface area (Å²) >= 11 is 34.5. The van der Waals surface area contributed by atoms with Crippen LogP contribution in [0.2, 0.25) is 20.1 Å². The summed E-state index contributed by atoms with van der Waals surface area (Å²) in [6.45, 7) is 7.04. The molecule has 0 atom stereocenters. The summed E-state index contributed by atoms with van der Waals surface area (Å²) in [7, 11) is 0. The first-order chi connectivity index (χ1) is 27.0. The molecule has 4 heterocycles. The first-order valence-corrected chi connectivity index (χ1v) is 20.6. The van der Waals surface area contributed by atoms with E-state index >= 15 is 0 Å². The van der Waals surface area contributed by atoms with Crippen LogP contribution in [-0.2, 0) is 0 Å². The number of amides is 2. The Morgan fingerprint density at radius 1 is 0.649 bits per heavy atom. The first-order valence-electron chi connectivity index (χ1n) is 16.8. The van der Waals surface area contributed by atoms with Crippen LogP contribution in [0.3, 0.4) is 0 Å². The number of nitrogens with one attached hydrogen (secondary N) is 2. The van der Waals surface area contributed by atoms with Crippen LogP contribution in [0.4, 0.5) is 11.4 Å². The zero-order valence-corrected chi connectivity index (χ0v) is 38.0. The molecular weight excluding hydrogens is 1010 g/mol. The molecule has 2 aromatic carbocycles. The van der Waals surface area contributed by atoms with Crippen LogP contribution in [0.5, 0.6) is 0 Å². The number of carbonyl (C=O) groups excluding carboxylic acids is 4. The zero-order valence-electron chi connectivity index (χ0n) is 30.2. The Morgan fingerprint density at radius 3 is 1.53 bits per heavy atom. The molecule has 19 heteroatoms. The first kappa shape index (κ1) is 44.1. The number of aromatic nitrogens is 6. The monoisotopic (exact) mass is 1040 g/mol. The van der Waals surface area contributed by atoms with Crippen molar-refractivity contribution in [3.8, 4) is 11.6 Å². The van der Waals surface area contributed by atoms with E-state index < -0.39 is 11.8 Å². The number of hydrogen-bond donors (Lipinski definition) is 2. The van der Waals surface area contributed by atoms with E-state index in [0.717, 1.165) is 0 Å². The molecule has 294 valence electrons. The highest BCUT2D eigenvalue weighted by Gasteiger charge is 2.24. The fraction of sp³-hybridized carbons (Fsp3) is 0.158. The largest absolute Gasteiger partial charge is 0.320 e. The van der Waals surface area contributed by atoms with E-state index in [9.17, 15) is 19.2 Å². The van der Waals surface area contributed by atoms with E-state index in [2.05, 4.69) is 78.6 Å². The van der Waals surface area contributed by atoms with Gasteiger partial charge in [-0.05, 0) is 115 Å². The van der Waals surface area contributed by atoms with E-state index in [1.165, 1.54) is 9.36 Å². The lowest BCUT2D eigenvalue weighted by molar-refractivity contribution is 0.0978. The van der Waals surface area contributed by atoms with Gasteiger partial charge in [-0.3, -0.25) is 19.2 Å². The lowest BCUT2D eigenvalue weighted by atomic mass is 10.0. The number of halogens is 7. The second-order valence-electron chi connectivity index (χ2n) is 12.0. The maximum absolute atomic E-state index is 13.1. The van der Waals surface area contributed by atoms with E-state index in [4.69, 9.17) is 46.4 Å². The lowest BCUT2D eigenvalue weighted by Gasteiger charge is -2.14. The van der Waals surface area contributed by atoms with Crippen molar-refractivity contribution in [2.24, 2.45) is 0 Å². The summed E-state index contributed by atoms with van der Waals surface area (Å²) < 4.78 is 4.25. The molecule has 2 amide bonds. The Hall–Kier alpha value is -3.96. The van der Waals surface area contributed by atoms with Crippen LogP contribution in [0.1, 0.15) is 79.5 Å². The highest BCUT2D eigenvalue weighted by molar-refractivity contribution is 9.11. The van der Waals surface area contributed by atoms with Gasteiger partial charge in [0.05, 0.1) is 21.4 Å². The van der Waals surface area contributed by atoms with Crippen molar-refractivity contribution < 1.29 is 19.2 Å². The van der Waals surface area contributed by atoms with Crippen molar-refractivity contribution in [2.75, 3.05) is 10.6 Å². The van der Waals surface area contributed by atoms with Crippen molar-refractivity contribution in [2.45, 2.75) is 40.5 Å². The molecule has 0 aliphatic carbocycles. The molecule has 6 aromatic rings. The van der Waals surface area contributed by atoms with E-state index in [1.807, 2.05) is 0 Å². The van der Waals surface area contributed by atoms with Gasteiger partial charge in [0.2, 0.25) is 0 Å². The zero-order chi connectivity index (χ0) is 41.7. The molecule has 57 heavy (non-hydrogen) atoms. The van der Waals surface area contributed by atoms with Gasteiger partial charge >= 0.3 is 0 Å². The average Bonchev–Trinajstić information content (AvgIpc) is 3.75. The number of anilines is 2. The van der Waals surface area contributed by atoms with Gasteiger partial charge in [-0.2, -0.15) is 10.2 Å². The van der Waals surface area contributed by atoms with Crippen LogP contribution in [0.25, 0.3) is 11.6 Å². The predicted octanol–water partition coefficient (Wildman–Crippen LogP) is 11.7. The van der Waals surface area contributed by atoms with Crippen molar-refractivity contribution in [3.05, 3.63) is 134 Å². The minimum absolute atomic E-state index is 0.122. The maximum Gasteiger partial charge on any atom is 0.274 e. The summed E-state index contributed by atoms with van der Waals surface area (Å²) in [5, 5.41) is 15.7. The van der Waals surface area contributed by atoms with Crippen LogP contribution in [0.15, 0.2) is 80.7 Å². The minimum atomic E-state index is -0.473. The molecule has 0 radical (unpaired) electrons. The highest BCUT2D eigenvalue weighted by Crippen LogP contribution is 2.31. The fourth-order valence-electron chi connectivity index (χ4n) is 5.44. The molecule has 2 N–H and O–H groups in total. The maximum atomic E-state index is 13.1. The number of aryl methyl sites for hydroxylation is 2. The Bertz CT molecular complexity index is 2560. The number of nitrogens with zero attached hydrogens (tertiary/aromatic N) is 6. The molecule has 0 unspecified atom stereocenters. The van der Waals surface area contributed by atoms with Gasteiger partial charge in [0.25, 0.3) is 11.8 Å². The van der Waals surface area contributed by atoms with Crippen LogP contribution in [-0.4, -0.2) is 52.9 Å². The molecule has 0 saturated heterocycles. The quantitative estimate of drug-likeness (QED) is 0.129. The van der Waals surface area contributed by atoms with Crippen molar-refractivity contribution in [1.29, 1.82) is 0 Å². The van der Waals surface area contributed by atoms with Crippen LogP contribution < -0.4 is 10.6 Å². The van der Waals surface area contributed by atoms with Gasteiger partial charge in [-0.15, -0.1) is 0 Å². The Morgan fingerprint density at radius 2 is 1.11 bits per heavy atom. The van der Waals surface area contributed by atoms with E-state index in [-0.39, 0.29) is 35.8 Å². The van der Waals surface area contributed by atoms with Crippen molar-refractivity contribution >= 4 is 129 Å². The third-order valence-corrected chi connectivity index (χ3v) is 10.3. The summed E-state index contributed by atoms with van der Waals surface area (Å²) in [6, 6.07) is 14.6. The Kier molecular flexibility index (Phi) is 14.9. The summed E-state index contributed by atoms with van der Waals surface area (Å²) in [5.41, 5.74) is 3.29. The van der Waals surface area contributed by atoms with Gasteiger partial charge in [-0.25, -0.2) is 19.3 Å². The van der Waals surface area contributed by atoms with Gasteiger partial charge in [0.15, 0.2) is 23.2 Å². The topological polar surface area (TPSA) is 154 Å². The number of pyridine rings is 2. The highest BCUT2D eigenvalue weighted by atomic mass is 79.9. The third-order valence-electron chi connectivity index (χ3n) is 8.07. The van der Waals surface area contributed by atoms with Crippen LogP contribution in [0, 0.1) is 13.8 Å². The van der Waals surface area contributed by atoms with Gasteiger partial charge < -0.3 is 10.6 Å². The SMILES string of the molecule is CCC(=O)c1cc(Cl)cc(C)c1NC(=O)c1cc(Br)nn1-c1ncc(Br)cc1Cl.CCC(=O)c1cc(Cl)cc(C)c1NC(=O)c1cc(Br)nn1-c1ncccc1Cl. The standard InChI is InChI=1S/C19H14Br2Cl2N4O2.C19H15BrCl2N4O2/c1-3-15(28)12-6-11(22)4-9(2)17(12)25-19(29)14-7-16(21)26-27(14)18-13(23)5-10(20)8-24-18;1-3-15(27)12-8-11(21)7-10(2)17(12)24-19(28)14-9-16(20)25-26(14)18-13(22)5-4-6-23-18/h4-8H,3H2,1-2H3,(H,25,29);4-9H,3H2,1-2H3,(H,24,28). The number of benzene rings is 2.